The molecule has 0 amide bonds. The number of likely N-dealkylation sites (N-methyl/N-ethyl adjacent to an activating group) is 1. The van der Waals surface area contributed by atoms with Crippen molar-refractivity contribution in [2.45, 2.75) is 23.8 Å². The molecule has 0 saturated carbocycles. The third-order valence-corrected chi connectivity index (χ3v) is 5.50. The molecule has 1 aliphatic heterocycles. The number of hydrogen-bond acceptors (Lipinski definition) is 3. The van der Waals surface area contributed by atoms with Crippen LogP contribution in [0.1, 0.15) is 12.8 Å². The zero-order valence-electron chi connectivity index (χ0n) is 10.6. The summed E-state index contributed by atoms with van der Waals surface area (Å²) in [5.74, 6) is -0.617. The van der Waals surface area contributed by atoms with Crippen LogP contribution in [0.4, 0.5) is 4.39 Å². The maximum absolute atomic E-state index is 13.1. The first-order valence-corrected chi connectivity index (χ1v) is 7.90. The average molecular weight is 307 g/mol. The molecule has 1 unspecified atom stereocenters. The van der Waals surface area contributed by atoms with Crippen LogP contribution in [-0.2, 0) is 10.0 Å². The number of benzene rings is 1. The molecule has 7 heteroatoms. The minimum atomic E-state index is -3.61. The van der Waals surface area contributed by atoms with E-state index < -0.39 is 15.8 Å². The summed E-state index contributed by atoms with van der Waals surface area (Å²) in [6, 6.07) is 3.45. The lowest BCUT2D eigenvalue weighted by molar-refractivity contribution is 0.379. The van der Waals surface area contributed by atoms with Crippen molar-refractivity contribution >= 4 is 21.6 Å². The molecule has 4 nitrogen and oxygen atoms in total. The fourth-order valence-electron chi connectivity index (χ4n) is 2.34. The molecule has 1 aromatic rings. The number of halogens is 2. The van der Waals surface area contributed by atoms with Gasteiger partial charge in [-0.05, 0) is 38.1 Å². The molecule has 1 aromatic carbocycles. The van der Waals surface area contributed by atoms with E-state index in [-0.39, 0.29) is 16.0 Å². The Labute approximate surface area is 117 Å². The molecule has 0 aromatic heterocycles. The van der Waals surface area contributed by atoms with Crippen molar-refractivity contribution in [2.75, 3.05) is 20.1 Å². The summed E-state index contributed by atoms with van der Waals surface area (Å²) in [6.07, 6.45) is 1.66. The Hall–Kier alpha value is -0.690. The van der Waals surface area contributed by atoms with E-state index in [1.54, 1.807) is 7.05 Å². The van der Waals surface area contributed by atoms with Gasteiger partial charge in [0.1, 0.15) is 5.82 Å². The number of rotatable bonds is 4. The zero-order chi connectivity index (χ0) is 14.0. The van der Waals surface area contributed by atoms with Gasteiger partial charge in [0.05, 0.1) is 9.92 Å². The van der Waals surface area contributed by atoms with Gasteiger partial charge in [0.15, 0.2) is 0 Å². The second-order valence-corrected chi connectivity index (χ2v) is 6.84. The number of nitrogens with zero attached hydrogens (tertiary/aromatic N) is 1. The minimum Gasteiger partial charge on any atom is -0.318 e. The molecule has 106 valence electrons. The smallest absolute Gasteiger partial charge is 0.243 e. The number of sulfonamides is 1. The Morgan fingerprint density at radius 3 is 2.89 bits per heavy atom. The van der Waals surface area contributed by atoms with Gasteiger partial charge in [0.25, 0.3) is 0 Å². The van der Waals surface area contributed by atoms with Crippen molar-refractivity contribution < 1.29 is 12.8 Å². The minimum absolute atomic E-state index is 0.0434. The second-order valence-electron chi connectivity index (χ2n) is 4.55. The van der Waals surface area contributed by atoms with Gasteiger partial charge in [0, 0.05) is 19.1 Å². The van der Waals surface area contributed by atoms with Crippen LogP contribution in [0.2, 0.25) is 5.02 Å². The second kappa shape index (κ2) is 5.75. The third kappa shape index (κ3) is 2.91. The predicted octanol–water partition coefficient (Wildman–Crippen LogP) is 1.85. The molecule has 1 N–H and O–H groups in total. The summed E-state index contributed by atoms with van der Waals surface area (Å²) in [6.45, 7) is 1.10. The van der Waals surface area contributed by atoms with E-state index in [0.29, 0.717) is 13.1 Å². The molecular formula is C12H16ClFN2O2S. The van der Waals surface area contributed by atoms with Crippen LogP contribution in [0.15, 0.2) is 23.1 Å². The highest BCUT2D eigenvalue weighted by atomic mass is 35.5. The predicted molar refractivity (Wildman–Crippen MR) is 72.3 cm³/mol. The van der Waals surface area contributed by atoms with E-state index in [0.717, 1.165) is 18.9 Å². The fraction of sp³-hybridized carbons (Fsp3) is 0.500. The Bertz CT molecular complexity index is 565. The van der Waals surface area contributed by atoms with Crippen molar-refractivity contribution in [3.8, 4) is 0 Å². The van der Waals surface area contributed by atoms with Crippen molar-refractivity contribution in [2.24, 2.45) is 0 Å². The van der Waals surface area contributed by atoms with Gasteiger partial charge in [-0.2, -0.15) is 4.31 Å². The van der Waals surface area contributed by atoms with E-state index in [9.17, 15) is 12.8 Å². The molecule has 2 rings (SSSR count). The van der Waals surface area contributed by atoms with Crippen LogP contribution in [-0.4, -0.2) is 38.9 Å². The number of nitrogens with one attached hydrogen (secondary N) is 1. The van der Waals surface area contributed by atoms with Crippen LogP contribution in [0.3, 0.4) is 0 Å². The van der Waals surface area contributed by atoms with Crippen LogP contribution < -0.4 is 5.32 Å². The lowest BCUT2D eigenvalue weighted by Crippen LogP contribution is -2.40. The van der Waals surface area contributed by atoms with Gasteiger partial charge in [-0.15, -0.1) is 0 Å². The van der Waals surface area contributed by atoms with Crippen LogP contribution in [0.5, 0.6) is 0 Å². The van der Waals surface area contributed by atoms with E-state index >= 15 is 0 Å². The highest BCUT2D eigenvalue weighted by Crippen LogP contribution is 2.27. The summed E-state index contributed by atoms with van der Waals surface area (Å²) in [5, 5.41) is 2.82. The largest absolute Gasteiger partial charge is 0.318 e. The Morgan fingerprint density at radius 1 is 1.53 bits per heavy atom. The quantitative estimate of drug-likeness (QED) is 0.923. The standard InChI is InChI=1S/C12H16ClFN2O2S/c1-15-8-9-3-2-6-16(9)19(17,18)10-4-5-12(14)11(13)7-10/h4-5,7,9,15H,2-3,6,8H2,1H3. The molecule has 1 atom stereocenters. The van der Waals surface area contributed by atoms with E-state index in [1.807, 2.05) is 0 Å². The van der Waals surface area contributed by atoms with Gasteiger partial charge < -0.3 is 5.32 Å². The van der Waals surface area contributed by atoms with Crippen LogP contribution in [0, 0.1) is 5.82 Å². The molecule has 1 saturated heterocycles. The van der Waals surface area contributed by atoms with Crippen LogP contribution >= 0.6 is 11.6 Å². The molecule has 1 aliphatic rings. The third-order valence-electron chi connectivity index (χ3n) is 3.26. The lowest BCUT2D eigenvalue weighted by Gasteiger charge is -2.24. The van der Waals surface area contributed by atoms with Gasteiger partial charge in [-0.3, -0.25) is 0 Å². The summed E-state index contributed by atoms with van der Waals surface area (Å²) in [4.78, 5) is 0.0434. The van der Waals surface area contributed by atoms with Gasteiger partial charge >= 0.3 is 0 Å². The van der Waals surface area contributed by atoms with Crippen molar-refractivity contribution in [1.29, 1.82) is 0 Å². The Balaban J connectivity index is 2.33. The lowest BCUT2D eigenvalue weighted by atomic mass is 10.2. The molecule has 1 heterocycles. The van der Waals surface area contributed by atoms with E-state index in [2.05, 4.69) is 5.32 Å². The highest BCUT2D eigenvalue weighted by molar-refractivity contribution is 7.89. The molecule has 0 bridgehead atoms. The van der Waals surface area contributed by atoms with E-state index in [4.69, 9.17) is 11.6 Å². The molecule has 19 heavy (non-hydrogen) atoms. The Kier molecular flexibility index (Phi) is 4.45. The molecule has 1 fully saturated rings. The van der Waals surface area contributed by atoms with Gasteiger partial charge in [0.2, 0.25) is 10.0 Å². The average Bonchev–Trinajstić information content (AvgIpc) is 2.82. The highest BCUT2D eigenvalue weighted by Gasteiger charge is 2.34. The first-order chi connectivity index (χ1) is 8.96. The Morgan fingerprint density at radius 2 is 2.26 bits per heavy atom. The maximum Gasteiger partial charge on any atom is 0.243 e. The van der Waals surface area contributed by atoms with Gasteiger partial charge in [-0.25, -0.2) is 12.8 Å². The molecule has 0 aliphatic carbocycles. The topological polar surface area (TPSA) is 49.4 Å². The summed E-state index contributed by atoms with van der Waals surface area (Å²) < 4.78 is 39.6. The van der Waals surface area contributed by atoms with Crippen LogP contribution in [0.25, 0.3) is 0 Å². The molecule has 0 radical (unpaired) electrons. The zero-order valence-corrected chi connectivity index (χ0v) is 12.1. The SMILES string of the molecule is CNCC1CCCN1S(=O)(=O)c1ccc(F)c(Cl)c1. The molecule has 0 spiro atoms. The number of hydrogen-bond donors (Lipinski definition) is 1. The monoisotopic (exact) mass is 306 g/mol. The van der Waals surface area contributed by atoms with Crippen molar-refractivity contribution in [1.82, 2.24) is 9.62 Å². The van der Waals surface area contributed by atoms with Crippen molar-refractivity contribution in [3.05, 3.63) is 29.0 Å². The maximum atomic E-state index is 13.1. The van der Waals surface area contributed by atoms with Gasteiger partial charge in [-0.1, -0.05) is 11.6 Å². The van der Waals surface area contributed by atoms with Crippen molar-refractivity contribution in [3.63, 3.8) is 0 Å². The summed E-state index contributed by atoms with van der Waals surface area (Å²) >= 11 is 5.65. The summed E-state index contributed by atoms with van der Waals surface area (Å²) in [7, 11) is -1.82. The summed E-state index contributed by atoms with van der Waals surface area (Å²) in [5.41, 5.74) is 0. The fourth-order valence-corrected chi connectivity index (χ4v) is 4.30. The molecular weight excluding hydrogens is 291 g/mol. The first kappa shape index (κ1) is 14.7. The normalized spacial score (nSPS) is 20.9. The first-order valence-electron chi connectivity index (χ1n) is 6.08. The van der Waals surface area contributed by atoms with E-state index in [1.165, 1.54) is 16.4 Å².